The molecule has 0 atom stereocenters. The Bertz CT molecular complexity index is 645. The van der Waals surface area contributed by atoms with Crippen LogP contribution in [0.2, 0.25) is 10.0 Å². The monoisotopic (exact) mass is 273 g/mol. The Hall–Kier alpha value is -1.59. The zero-order chi connectivity index (χ0) is 12.6. The minimum absolute atomic E-state index is 0.130. The Morgan fingerprint density at radius 1 is 1.41 bits per heavy atom. The van der Waals surface area contributed by atoms with E-state index in [4.69, 9.17) is 23.2 Å². The first-order valence-corrected chi connectivity index (χ1v) is 5.36. The second-order valence-electron chi connectivity index (χ2n) is 3.32. The van der Waals surface area contributed by atoms with Gasteiger partial charge in [-0.3, -0.25) is 9.32 Å². The Labute approximate surface area is 106 Å². The van der Waals surface area contributed by atoms with Crippen LogP contribution in [-0.4, -0.2) is 11.1 Å². The SMILES string of the molecule is CC(=O)c1c(=O)o[nH][n+]1-c1ccc(Cl)cc1Cl. The van der Waals surface area contributed by atoms with Crippen LogP contribution in [0.4, 0.5) is 0 Å². The summed E-state index contributed by atoms with van der Waals surface area (Å²) >= 11 is 11.7. The Morgan fingerprint density at radius 3 is 2.71 bits per heavy atom. The Morgan fingerprint density at radius 2 is 2.12 bits per heavy atom. The number of nitrogens with one attached hydrogen (secondary N) is 1. The van der Waals surface area contributed by atoms with Crippen molar-refractivity contribution in [3.8, 4) is 5.69 Å². The van der Waals surface area contributed by atoms with Gasteiger partial charge in [-0.1, -0.05) is 23.2 Å². The molecule has 1 aromatic heterocycles. The summed E-state index contributed by atoms with van der Waals surface area (Å²) in [5, 5.41) is 3.06. The Kier molecular flexibility index (Phi) is 3.04. The highest BCUT2D eigenvalue weighted by Crippen LogP contribution is 2.20. The standard InChI is InChI=1S/C10H6Cl2N2O3/c1-5(15)9-10(16)17-13-14(9)8-3-2-6(11)4-7(8)12/h2-4H,1H3/p+1. The summed E-state index contributed by atoms with van der Waals surface area (Å²) in [7, 11) is 0. The number of halogens is 2. The predicted octanol–water partition coefficient (Wildman–Crippen LogP) is 1.75. The van der Waals surface area contributed by atoms with E-state index in [1.807, 2.05) is 0 Å². The van der Waals surface area contributed by atoms with Crippen molar-refractivity contribution in [2.45, 2.75) is 6.92 Å². The molecule has 1 N–H and O–H groups in total. The largest absolute Gasteiger partial charge is 0.438 e. The third-order valence-corrected chi connectivity index (χ3v) is 2.67. The number of nitrogens with zero attached hydrogens (tertiary/aromatic N) is 1. The number of aromatic amines is 1. The summed E-state index contributed by atoms with van der Waals surface area (Å²) in [5.41, 5.74) is -0.468. The molecular formula is C10H7Cl2N2O3+. The fourth-order valence-electron chi connectivity index (χ4n) is 1.41. The number of benzene rings is 1. The van der Waals surface area contributed by atoms with Gasteiger partial charge in [0.05, 0.1) is 0 Å². The number of aromatic nitrogens is 2. The Balaban J connectivity index is 2.69. The van der Waals surface area contributed by atoms with Gasteiger partial charge in [-0.05, 0) is 22.1 Å². The molecule has 88 valence electrons. The molecule has 0 saturated heterocycles. The van der Waals surface area contributed by atoms with E-state index >= 15 is 0 Å². The van der Waals surface area contributed by atoms with Crippen molar-refractivity contribution in [2.75, 3.05) is 0 Å². The maximum atomic E-state index is 11.3. The molecule has 2 rings (SSSR count). The van der Waals surface area contributed by atoms with Crippen molar-refractivity contribution in [1.29, 1.82) is 0 Å². The van der Waals surface area contributed by atoms with Gasteiger partial charge in [-0.25, -0.2) is 4.79 Å². The quantitative estimate of drug-likeness (QED) is 0.670. The lowest BCUT2D eigenvalue weighted by Crippen LogP contribution is -2.40. The second kappa shape index (κ2) is 4.35. The lowest BCUT2D eigenvalue weighted by atomic mass is 10.3. The lowest BCUT2D eigenvalue weighted by molar-refractivity contribution is -0.672. The predicted molar refractivity (Wildman–Crippen MR) is 60.9 cm³/mol. The molecule has 7 heteroatoms. The molecule has 0 unspecified atom stereocenters. The van der Waals surface area contributed by atoms with Crippen LogP contribution >= 0.6 is 23.2 Å². The normalized spacial score (nSPS) is 10.5. The van der Waals surface area contributed by atoms with E-state index in [1.54, 1.807) is 12.1 Å². The zero-order valence-corrected chi connectivity index (χ0v) is 10.2. The van der Waals surface area contributed by atoms with E-state index in [0.29, 0.717) is 15.7 Å². The fraction of sp³-hybridized carbons (Fsp3) is 0.100. The van der Waals surface area contributed by atoms with Crippen LogP contribution in [0.1, 0.15) is 17.4 Å². The van der Waals surface area contributed by atoms with Gasteiger partial charge in [0.2, 0.25) is 5.78 Å². The van der Waals surface area contributed by atoms with E-state index in [0.717, 1.165) is 0 Å². The number of H-pyrrole nitrogens is 1. The van der Waals surface area contributed by atoms with E-state index in [9.17, 15) is 9.59 Å². The van der Waals surface area contributed by atoms with Gasteiger partial charge < -0.3 is 0 Å². The number of ketones is 1. The molecule has 17 heavy (non-hydrogen) atoms. The second-order valence-corrected chi connectivity index (χ2v) is 4.16. The van der Waals surface area contributed by atoms with Crippen molar-refractivity contribution in [3.63, 3.8) is 0 Å². The molecule has 5 nitrogen and oxygen atoms in total. The van der Waals surface area contributed by atoms with Crippen LogP contribution in [0.25, 0.3) is 5.69 Å². The van der Waals surface area contributed by atoms with Gasteiger partial charge in [-0.2, -0.15) is 0 Å². The number of Topliss-reactive ketones (excluding diaryl/α,β-unsaturated/α-hetero) is 1. The van der Waals surface area contributed by atoms with Crippen molar-refractivity contribution in [2.24, 2.45) is 0 Å². The first-order valence-electron chi connectivity index (χ1n) is 4.60. The van der Waals surface area contributed by atoms with Gasteiger partial charge in [0.15, 0.2) is 0 Å². The molecule has 0 spiro atoms. The number of carbonyl (C=O) groups is 1. The fourth-order valence-corrected chi connectivity index (χ4v) is 1.90. The molecule has 0 radical (unpaired) electrons. The molecule has 0 bridgehead atoms. The maximum Gasteiger partial charge on any atom is 0.438 e. The van der Waals surface area contributed by atoms with E-state index < -0.39 is 11.4 Å². The molecular weight excluding hydrogens is 267 g/mol. The van der Waals surface area contributed by atoms with Gasteiger partial charge in [0.25, 0.3) is 5.69 Å². The highest BCUT2D eigenvalue weighted by molar-refractivity contribution is 6.35. The lowest BCUT2D eigenvalue weighted by Gasteiger charge is -1.95. The third kappa shape index (κ3) is 2.11. The molecule has 0 fully saturated rings. The molecule has 0 aliphatic carbocycles. The number of rotatable bonds is 2. The topological polar surface area (TPSA) is 67.0 Å². The van der Waals surface area contributed by atoms with Crippen LogP contribution in [-0.2, 0) is 0 Å². The van der Waals surface area contributed by atoms with Crippen molar-refractivity contribution in [3.05, 3.63) is 44.4 Å². The highest BCUT2D eigenvalue weighted by atomic mass is 35.5. The number of hydrogen-bond acceptors (Lipinski definition) is 3. The van der Waals surface area contributed by atoms with Crippen molar-refractivity contribution in [1.82, 2.24) is 5.27 Å². The minimum Gasteiger partial charge on any atom is -0.287 e. The summed E-state index contributed by atoms with van der Waals surface area (Å²) in [5.74, 6) is -0.425. The number of hydrogen-bond donors (Lipinski definition) is 1. The van der Waals surface area contributed by atoms with Crippen LogP contribution in [0, 0.1) is 0 Å². The maximum absolute atomic E-state index is 11.3. The van der Waals surface area contributed by atoms with E-state index in [-0.39, 0.29) is 5.69 Å². The summed E-state index contributed by atoms with van der Waals surface area (Å²) in [6, 6.07) is 4.66. The number of carbonyl (C=O) groups excluding carboxylic acids is 1. The molecule has 1 heterocycles. The smallest absolute Gasteiger partial charge is 0.287 e. The van der Waals surface area contributed by atoms with Crippen LogP contribution in [0.15, 0.2) is 27.5 Å². The first kappa shape index (κ1) is 11.9. The van der Waals surface area contributed by atoms with Gasteiger partial charge in [-0.15, -0.1) is 0 Å². The van der Waals surface area contributed by atoms with Crippen molar-refractivity contribution < 1.29 is 14.0 Å². The average molecular weight is 274 g/mol. The summed E-state index contributed by atoms with van der Waals surface area (Å²) in [6.45, 7) is 1.26. The highest BCUT2D eigenvalue weighted by Gasteiger charge is 2.29. The minimum atomic E-state index is -0.747. The van der Waals surface area contributed by atoms with Crippen LogP contribution < -0.4 is 10.3 Å². The molecule has 0 aliphatic heterocycles. The summed E-state index contributed by atoms with van der Waals surface area (Å²) in [4.78, 5) is 22.7. The van der Waals surface area contributed by atoms with E-state index in [2.05, 4.69) is 9.79 Å². The molecule has 0 amide bonds. The molecule has 1 aromatic carbocycles. The summed E-state index contributed by atoms with van der Waals surface area (Å²) < 4.78 is 5.75. The van der Waals surface area contributed by atoms with Crippen LogP contribution in [0.3, 0.4) is 0 Å². The van der Waals surface area contributed by atoms with Crippen molar-refractivity contribution >= 4 is 29.0 Å². The molecule has 0 aliphatic rings. The van der Waals surface area contributed by atoms with E-state index in [1.165, 1.54) is 17.7 Å². The zero-order valence-electron chi connectivity index (χ0n) is 8.66. The average Bonchev–Trinajstić information content (AvgIpc) is 2.60. The molecule has 0 saturated carbocycles. The third-order valence-electron chi connectivity index (χ3n) is 2.13. The van der Waals surface area contributed by atoms with Gasteiger partial charge in [0, 0.05) is 18.0 Å². The van der Waals surface area contributed by atoms with Gasteiger partial charge >= 0.3 is 11.3 Å². The molecule has 2 aromatic rings. The summed E-state index contributed by atoms with van der Waals surface area (Å²) in [6.07, 6.45) is 0. The first-order chi connectivity index (χ1) is 8.00. The van der Waals surface area contributed by atoms with Gasteiger partial charge in [0.1, 0.15) is 5.02 Å². The van der Waals surface area contributed by atoms with Crippen LogP contribution in [0.5, 0.6) is 0 Å².